The third kappa shape index (κ3) is 2.47. The normalized spacial score (nSPS) is 12.2. The van der Waals surface area contributed by atoms with Crippen molar-refractivity contribution < 1.29 is 14.3 Å². The van der Waals surface area contributed by atoms with Crippen LogP contribution >= 0.6 is 0 Å². The number of hydrogen-bond acceptors (Lipinski definition) is 4. The summed E-state index contributed by atoms with van der Waals surface area (Å²) in [6.07, 6.45) is 2.62. The summed E-state index contributed by atoms with van der Waals surface area (Å²) in [6, 6.07) is 0. The highest BCUT2D eigenvalue weighted by molar-refractivity contribution is 5.74. The zero-order valence-electron chi connectivity index (χ0n) is 7.85. The van der Waals surface area contributed by atoms with Crippen LogP contribution in [-0.4, -0.2) is 29.0 Å². The molecule has 1 heterocycles. The van der Waals surface area contributed by atoms with Gasteiger partial charge in [0, 0.05) is 7.05 Å². The van der Waals surface area contributed by atoms with Crippen LogP contribution in [0.5, 0.6) is 5.75 Å². The highest BCUT2D eigenvalue weighted by Crippen LogP contribution is 2.09. The molecule has 0 spiro atoms. The number of aromatic nitrogens is 2. The molecule has 0 aliphatic heterocycles. The van der Waals surface area contributed by atoms with Crippen LogP contribution in [0.2, 0.25) is 0 Å². The summed E-state index contributed by atoms with van der Waals surface area (Å²) in [6.45, 7) is 1.62. The van der Waals surface area contributed by atoms with Crippen LogP contribution in [0.4, 0.5) is 0 Å². The number of hydrogen-bond donors (Lipinski definition) is 0. The molecule has 0 N–H and O–H groups in total. The van der Waals surface area contributed by atoms with Crippen molar-refractivity contribution in [2.24, 2.45) is 7.05 Å². The molecule has 0 radical (unpaired) electrons. The topological polar surface area (TPSA) is 53.4 Å². The highest BCUT2D eigenvalue weighted by atomic mass is 16.6. The molecule has 1 atom stereocenters. The lowest BCUT2D eigenvalue weighted by Gasteiger charge is -2.09. The molecular weight excluding hydrogens is 172 g/mol. The van der Waals surface area contributed by atoms with E-state index in [1.165, 1.54) is 7.11 Å². The van der Waals surface area contributed by atoms with Crippen molar-refractivity contribution in [1.82, 2.24) is 9.78 Å². The van der Waals surface area contributed by atoms with Gasteiger partial charge in [-0.1, -0.05) is 0 Å². The first kappa shape index (κ1) is 9.57. The van der Waals surface area contributed by atoms with Gasteiger partial charge in [-0.15, -0.1) is 0 Å². The number of methoxy groups -OCH3 is 1. The van der Waals surface area contributed by atoms with Gasteiger partial charge in [0.05, 0.1) is 19.5 Å². The molecule has 0 amide bonds. The van der Waals surface area contributed by atoms with E-state index in [2.05, 4.69) is 9.84 Å². The second-order valence-electron chi connectivity index (χ2n) is 2.63. The molecule has 13 heavy (non-hydrogen) atoms. The van der Waals surface area contributed by atoms with Crippen LogP contribution in [0.25, 0.3) is 0 Å². The first-order valence-electron chi connectivity index (χ1n) is 3.86. The molecule has 0 aromatic carbocycles. The second-order valence-corrected chi connectivity index (χ2v) is 2.63. The number of rotatable bonds is 3. The molecule has 5 heteroatoms. The molecule has 0 aliphatic carbocycles. The van der Waals surface area contributed by atoms with Gasteiger partial charge in [0.2, 0.25) is 0 Å². The molecule has 0 fully saturated rings. The van der Waals surface area contributed by atoms with Gasteiger partial charge in [0.25, 0.3) is 0 Å². The lowest BCUT2D eigenvalue weighted by Crippen LogP contribution is -2.24. The minimum atomic E-state index is -0.603. The molecule has 5 nitrogen and oxygen atoms in total. The first-order valence-corrected chi connectivity index (χ1v) is 3.86. The van der Waals surface area contributed by atoms with Crippen molar-refractivity contribution in [3.8, 4) is 5.75 Å². The number of carbonyl (C=O) groups is 1. The van der Waals surface area contributed by atoms with Gasteiger partial charge in [-0.3, -0.25) is 4.68 Å². The van der Waals surface area contributed by atoms with Crippen molar-refractivity contribution in [2.75, 3.05) is 7.11 Å². The van der Waals surface area contributed by atoms with Crippen LogP contribution in [-0.2, 0) is 16.6 Å². The van der Waals surface area contributed by atoms with Crippen molar-refractivity contribution in [2.45, 2.75) is 13.0 Å². The summed E-state index contributed by atoms with van der Waals surface area (Å²) >= 11 is 0. The Morgan fingerprint density at radius 1 is 1.69 bits per heavy atom. The Labute approximate surface area is 76.3 Å². The van der Waals surface area contributed by atoms with Gasteiger partial charge in [0.15, 0.2) is 11.9 Å². The molecule has 0 aliphatic rings. The fourth-order valence-corrected chi connectivity index (χ4v) is 0.878. The van der Waals surface area contributed by atoms with Gasteiger partial charge in [0.1, 0.15) is 0 Å². The molecule has 1 aromatic heterocycles. The van der Waals surface area contributed by atoms with Crippen molar-refractivity contribution >= 4 is 5.97 Å². The maximum absolute atomic E-state index is 10.9. The fourth-order valence-electron chi connectivity index (χ4n) is 0.878. The maximum atomic E-state index is 10.9. The van der Waals surface area contributed by atoms with E-state index in [1.54, 1.807) is 31.0 Å². The minimum absolute atomic E-state index is 0.399. The average Bonchev–Trinajstić information content (AvgIpc) is 2.49. The van der Waals surface area contributed by atoms with E-state index < -0.39 is 12.1 Å². The Kier molecular flexibility index (Phi) is 2.89. The summed E-state index contributed by atoms with van der Waals surface area (Å²) in [5.41, 5.74) is 0. The Bertz CT molecular complexity index is 295. The van der Waals surface area contributed by atoms with Gasteiger partial charge in [-0.25, -0.2) is 4.79 Å². The average molecular weight is 184 g/mol. The smallest absolute Gasteiger partial charge is 0.346 e. The predicted molar refractivity (Wildman–Crippen MR) is 45.3 cm³/mol. The van der Waals surface area contributed by atoms with E-state index in [4.69, 9.17) is 4.74 Å². The van der Waals surface area contributed by atoms with Gasteiger partial charge < -0.3 is 9.47 Å². The van der Waals surface area contributed by atoms with E-state index in [0.29, 0.717) is 5.75 Å². The van der Waals surface area contributed by atoms with Gasteiger partial charge in [-0.05, 0) is 6.92 Å². The molecule has 1 rings (SSSR count). The Morgan fingerprint density at radius 2 is 2.38 bits per heavy atom. The summed E-state index contributed by atoms with van der Waals surface area (Å²) in [7, 11) is 3.10. The SMILES string of the molecule is COC(=O)C(C)Oc1cnn(C)c1. The van der Waals surface area contributed by atoms with Crippen molar-refractivity contribution in [1.29, 1.82) is 0 Å². The van der Waals surface area contributed by atoms with E-state index in [0.717, 1.165) is 0 Å². The number of nitrogens with zero attached hydrogens (tertiary/aromatic N) is 2. The molecule has 72 valence electrons. The van der Waals surface area contributed by atoms with E-state index in [9.17, 15) is 4.79 Å². The first-order chi connectivity index (χ1) is 6.13. The number of aryl methyl sites for hydroxylation is 1. The van der Waals surface area contributed by atoms with Crippen LogP contribution < -0.4 is 4.74 Å². The molecule has 0 saturated carbocycles. The third-order valence-electron chi connectivity index (χ3n) is 1.53. The standard InChI is InChI=1S/C8H12N2O3/c1-6(8(11)12-3)13-7-4-9-10(2)5-7/h4-6H,1-3H3. The van der Waals surface area contributed by atoms with Crippen molar-refractivity contribution in [3.05, 3.63) is 12.4 Å². The summed E-state index contributed by atoms with van der Waals surface area (Å²) in [5.74, 6) is 0.157. The molecule has 1 aromatic rings. The largest absolute Gasteiger partial charge is 0.476 e. The van der Waals surface area contributed by atoms with E-state index >= 15 is 0 Å². The highest BCUT2D eigenvalue weighted by Gasteiger charge is 2.14. The van der Waals surface area contributed by atoms with Gasteiger partial charge >= 0.3 is 5.97 Å². The predicted octanol–water partition coefficient (Wildman–Crippen LogP) is 0.360. The Balaban J connectivity index is 2.54. The van der Waals surface area contributed by atoms with Gasteiger partial charge in [-0.2, -0.15) is 5.10 Å². The zero-order valence-corrected chi connectivity index (χ0v) is 7.85. The summed E-state index contributed by atoms with van der Waals surface area (Å²) < 4.78 is 11.3. The van der Waals surface area contributed by atoms with Crippen LogP contribution in [0.15, 0.2) is 12.4 Å². The fraction of sp³-hybridized carbons (Fsp3) is 0.500. The van der Waals surface area contributed by atoms with Crippen LogP contribution in [0.3, 0.4) is 0 Å². The number of ether oxygens (including phenoxy) is 2. The lowest BCUT2D eigenvalue weighted by molar-refractivity contribution is -0.147. The minimum Gasteiger partial charge on any atom is -0.476 e. The quantitative estimate of drug-likeness (QED) is 0.636. The number of carbonyl (C=O) groups excluding carboxylic acids is 1. The molecular formula is C8H12N2O3. The third-order valence-corrected chi connectivity index (χ3v) is 1.53. The molecule has 0 saturated heterocycles. The number of esters is 1. The molecule has 0 bridgehead atoms. The second kappa shape index (κ2) is 3.93. The summed E-state index contributed by atoms with van der Waals surface area (Å²) in [4.78, 5) is 10.9. The maximum Gasteiger partial charge on any atom is 0.346 e. The zero-order chi connectivity index (χ0) is 9.84. The Morgan fingerprint density at radius 3 is 2.85 bits per heavy atom. The van der Waals surface area contributed by atoms with E-state index in [1.807, 2.05) is 0 Å². The lowest BCUT2D eigenvalue weighted by atomic mass is 10.4. The summed E-state index contributed by atoms with van der Waals surface area (Å²) in [5, 5.41) is 3.89. The monoisotopic (exact) mass is 184 g/mol. The Hall–Kier alpha value is -1.52. The van der Waals surface area contributed by atoms with E-state index in [-0.39, 0.29) is 0 Å². The molecule has 1 unspecified atom stereocenters. The van der Waals surface area contributed by atoms with Crippen LogP contribution in [0, 0.1) is 0 Å². The van der Waals surface area contributed by atoms with Crippen LogP contribution in [0.1, 0.15) is 6.92 Å². The van der Waals surface area contributed by atoms with Crippen molar-refractivity contribution in [3.63, 3.8) is 0 Å².